The second kappa shape index (κ2) is 21.1. The normalized spacial score (nSPS) is 17.9. The molecule has 0 spiro atoms. The molecule has 2 rings (SSSR count). The van der Waals surface area contributed by atoms with E-state index in [1.807, 2.05) is 0 Å². The maximum Gasteiger partial charge on any atom is 0.512 e. The average Bonchev–Trinajstić information content (AvgIpc) is 3.42. The Morgan fingerprint density at radius 2 is 1.41 bits per heavy atom. The molecule has 0 fully saturated rings. The van der Waals surface area contributed by atoms with Crippen LogP contribution >= 0.6 is 11.7 Å². The largest absolute Gasteiger partial charge is 0.512 e. The first-order valence-corrected chi connectivity index (χ1v) is 17.5. The van der Waals surface area contributed by atoms with Crippen LogP contribution in [0.5, 0.6) is 5.88 Å². The lowest BCUT2D eigenvalue weighted by atomic mass is 10.0. The van der Waals surface area contributed by atoms with Crippen molar-refractivity contribution < 1.29 is 23.5 Å². The van der Waals surface area contributed by atoms with Crippen molar-refractivity contribution in [3.8, 4) is 5.88 Å². The number of unbranched alkanes of at least 4 members (excludes halogenated alkanes) is 14. The molecule has 1 aromatic rings. The van der Waals surface area contributed by atoms with Crippen LogP contribution in [0.1, 0.15) is 143 Å². The summed E-state index contributed by atoms with van der Waals surface area (Å²) in [5.41, 5.74) is 1.96. The average molecular weight is 595 g/mol. The first-order chi connectivity index (χ1) is 19.9. The van der Waals surface area contributed by atoms with E-state index in [0.29, 0.717) is 30.1 Å². The molecule has 0 saturated carbocycles. The SMILES string of the molecule is CCCCCCCCCCCCCCOC(=O)OC(C(C)C)[N+]1(C)CCC=C(c2nsnc2OCCCCCC)C1. The Bertz CT molecular complexity index is 859. The lowest BCUT2D eigenvalue weighted by molar-refractivity contribution is -0.950. The topological polar surface area (TPSA) is 70.5 Å². The van der Waals surface area contributed by atoms with Crippen LogP contribution in [0.3, 0.4) is 0 Å². The monoisotopic (exact) mass is 594 g/mol. The van der Waals surface area contributed by atoms with Crippen LogP contribution in [0, 0.1) is 5.92 Å². The standard InChI is InChI=1S/C33H60N3O4S/c1-6-8-10-12-13-14-15-16-17-18-19-21-26-39-33(37)40-32(28(3)4)36(5)24-22-23-29(27-36)30-31(35-41-34-30)38-25-20-11-9-7-2/h23,28,32H,6-22,24-27H2,1-5H3/q+1. The minimum Gasteiger partial charge on any atom is -0.475 e. The summed E-state index contributed by atoms with van der Waals surface area (Å²) >= 11 is 1.20. The summed E-state index contributed by atoms with van der Waals surface area (Å²) in [7, 11) is 2.17. The highest BCUT2D eigenvalue weighted by molar-refractivity contribution is 6.99. The van der Waals surface area contributed by atoms with Gasteiger partial charge in [0.15, 0.2) is 0 Å². The molecular weight excluding hydrogens is 534 g/mol. The lowest BCUT2D eigenvalue weighted by Crippen LogP contribution is -2.58. The number of hydrogen-bond acceptors (Lipinski definition) is 7. The third-order valence-corrected chi connectivity index (χ3v) is 8.69. The maximum absolute atomic E-state index is 12.7. The third-order valence-electron chi connectivity index (χ3n) is 8.18. The van der Waals surface area contributed by atoms with Gasteiger partial charge in [-0.3, -0.25) is 4.48 Å². The quantitative estimate of drug-likeness (QED) is 0.0714. The molecule has 0 amide bonds. The molecule has 0 bridgehead atoms. The van der Waals surface area contributed by atoms with Gasteiger partial charge in [0.05, 0.1) is 38.5 Å². The fraction of sp³-hybridized carbons (Fsp3) is 0.848. The minimum atomic E-state index is -0.548. The van der Waals surface area contributed by atoms with Gasteiger partial charge in [-0.2, -0.15) is 4.37 Å². The Kier molecular flexibility index (Phi) is 18.3. The zero-order chi connectivity index (χ0) is 29.8. The summed E-state index contributed by atoms with van der Waals surface area (Å²) < 4.78 is 27.1. The van der Waals surface area contributed by atoms with Crippen LogP contribution in [0.15, 0.2) is 6.08 Å². The number of ether oxygens (including phenoxy) is 3. The molecule has 2 unspecified atom stereocenters. The number of quaternary nitrogens is 1. The van der Waals surface area contributed by atoms with Crippen LogP contribution in [0.2, 0.25) is 0 Å². The van der Waals surface area contributed by atoms with Gasteiger partial charge in [-0.1, -0.05) is 124 Å². The molecule has 0 aromatic carbocycles. The number of likely N-dealkylation sites (N-methyl/N-ethyl adjacent to an activating group) is 1. The van der Waals surface area contributed by atoms with Gasteiger partial charge in [-0.25, -0.2) is 4.79 Å². The highest BCUT2D eigenvalue weighted by Gasteiger charge is 2.41. The van der Waals surface area contributed by atoms with Crippen LogP contribution in [-0.2, 0) is 9.47 Å². The Morgan fingerprint density at radius 3 is 2.02 bits per heavy atom. The van der Waals surface area contributed by atoms with E-state index in [-0.39, 0.29) is 12.1 Å². The first-order valence-electron chi connectivity index (χ1n) is 16.7. The lowest BCUT2D eigenvalue weighted by Gasteiger charge is -2.44. The first kappa shape index (κ1) is 35.5. The van der Waals surface area contributed by atoms with E-state index in [1.165, 1.54) is 95.2 Å². The van der Waals surface area contributed by atoms with Crippen molar-refractivity contribution in [1.29, 1.82) is 0 Å². The van der Waals surface area contributed by atoms with E-state index >= 15 is 0 Å². The zero-order valence-corrected chi connectivity index (χ0v) is 27.8. The summed E-state index contributed by atoms with van der Waals surface area (Å²) in [6.07, 6.45) is 22.3. The van der Waals surface area contributed by atoms with Gasteiger partial charge in [-0.05, 0) is 12.8 Å². The number of nitrogens with zero attached hydrogens (tertiary/aromatic N) is 3. The van der Waals surface area contributed by atoms with Gasteiger partial charge >= 0.3 is 6.16 Å². The van der Waals surface area contributed by atoms with E-state index in [0.717, 1.165) is 43.5 Å². The molecule has 2 atom stereocenters. The Balaban J connectivity index is 1.72. The molecule has 41 heavy (non-hydrogen) atoms. The van der Waals surface area contributed by atoms with Crippen molar-refractivity contribution in [3.05, 3.63) is 11.8 Å². The molecule has 0 aliphatic carbocycles. The maximum atomic E-state index is 12.7. The Labute approximate surface area is 255 Å². The molecule has 7 nitrogen and oxygen atoms in total. The van der Waals surface area contributed by atoms with E-state index in [4.69, 9.17) is 14.2 Å². The van der Waals surface area contributed by atoms with Crippen molar-refractivity contribution in [2.24, 2.45) is 5.92 Å². The number of rotatable bonds is 23. The molecule has 0 radical (unpaired) electrons. The van der Waals surface area contributed by atoms with Gasteiger partial charge in [0.1, 0.15) is 12.2 Å². The van der Waals surface area contributed by atoms with Crippen LogP contribution in [0.4, 0.5) is 4.79 Å². The van der Waals surface area contributed by atoms with Gasteiger partial charge in [0.2, 0.25) is 6.23 Å². The van der Waals surface area contributed by atoms with Crippen LogP contribution in [0.25, 0.3) is 5.57 Å². The summed E-state index contributed by atoms with van der Waals surface area (Å²) in [5.74, 6) is 0.788. The van der Waals surface area contributed by atoms with Crippen molar-refractivity contribution in [2.45, 2.75) is 143 Å². The molecule has 1 aliphatic rings. The predicted molar refractivity (Wildman–Crippen MR) is 170 cm³/mol. The third kappa shape index (κ3) is 13.9. The predicted octanol–water partition coefficient (Wildman–Crippen LogP) is 9.57. The number of carbonyl (C=O) groups excluding carboxylic acids is 1. The number of hydrogen-bond donors (Lipinski definition) is 0. The van der Waals surface area contributed by atoms with E-state index in [9.17, 15) is 4.79 Å². The summed E-state index contributed by atoms with van der Waals surface area (Å²) in [4.78, 5) is 12.7. The summed E-state index contributed by atoms with van der Waals surface area (Å²) in [6, 6.07) is 0. The van der Waals surface area contributed by atoms with Crippen molar-refractivity contribution >= 4 is 23.5 Å². The van der Waals surface area contributed by atoms with E-state index < -0.39 is 6.16 Å². The van der Waals surface area contributed by atoms with Crippen molar-refractivity contribution in [3.63, 3.8) is 0 Å². The summed E-state index contributed by atoms with van der Waals surface area (Å²) in [6.45, 7) is 11.4. The van der Waals surface area contributed by atoms with Gasteiger partial charge in [0.25, 0.3) is 5.88 Å². The zero-order valence-electron chi connectivity index (χ0n) is 27.0. The van der Waals surface area contributed by atoms with Crippen LogP contribution in [-0.4, -0.2) is 59.0 Å². The van der Waals surface area contributed by atoms with Crippen molar-refractivity contribution in [2.75, 3.05) is 33.4 Å². The molecule has 0 saturated heterocycles. The molecule has 1 aliphatic heterocycles. The number of carbonyl (C=O) groups is 1. The van der Waals surface area contributed by atoms with Gasteiger partial charge in [0, 0.05) is 17.9 Å². The fourth-order valence-corrected chi connectivity index (χ4v) is 6.37. The molecule has 0 N–H and O–H groups in total. The highest BCUT2D eigenvalue weighted by atomic mass is 32.1. The van der Waals surface area contributed by atoms with Crippen molar-refractivity contribution in [1.82, 2.24) is 8.75 Å². The Morgan fingerprint density at radius 1 is 0.854 bits per heavy atom. The molecule has 236 valence electrons. The Hall–Kier alpha value is -1.67. The number of aromatic nitrogens is 2. The summed E-state index contributed by atoms with van der Waals surface area (Å²) in [5, 5.41) is 0. The minimum absolute atomic E-state index is 0.154. The molecule has 8 heteroatoms. The van der Waals surface area contributed by atoms with Crippen LogP contribution < -0.4 is 4.74 Å². The van der Waals surface area contributed by atoms with E-state index in [2.05, 4.69) is 49.6 Å². The molecule has 2 heterocycles. The second-order valence-electron chi connectivity index (χ2n) is 12.4. The van der Waals surface area contributed by atoms with Gasteiger partial charge in [-0.15, -0.1) is 4.37 Å². The molecular formula is C33H60N3O4S+. The van der Waals surface area contributed by atoms with E-state index in [1.54, 1.807) is 0 Å². The smallest absolute Gasteiger partial charge is 0.475 e. The van der Waals surface area contributed by atoms with Gasteiger partial charge < -0.3 is 14.2 Å². The second-order valence-corrected chi connectivity index (χ2v) is 13.0. The fourth-order valence-electron chi connectivity index (χ4n) is 5.84. The highest BCUT2D eigenvalue weighted by Crippen LogP contribution is 2.33. The molecule has 1 aromatic heterocycles.